The highest BCUT2D eigenvalue weighted by atomic mass is 35.5. The largest absolute Gasteiger partial charge is 0.495 e. The summed E-state index contributed by atoms with van der Waals surface area (Å²) in [5, 5.41) is 12.3. The van der Waals surface area contributed by atoms with Crippen LogP contribution in [-0.2, 0) is 11.8 Å². The van der Waals surface area contributed by atoms with Gasteiger partial charge in [-0.3, -0.25) is 9.78 Å². The molecule has 134 valence electrons. The van der Waals surface area contributed by atoms with Gasteiger partial charge in [0.2, 0.25) is 5.91 Å². The maximum atomic E-state index is 12.3. The van der Waals surface area contributed by atoms with E-state index in [1.165, 1.54) is 18.9 Å². The zero-order chi connectivity index (χ0) is 18.5. The van der Waals surface area contributed by atoms with Crippen molar-refractivity contribution in [3.8, 4) is 17.1 Å². The number of methoxy groups -OCH3 is 1. The lowest BCUT2D eigenvalue weighted by molar-refractivity contribution is -0.113. The number of carbonyl (C=O) groups is 1. The molecule has 3 rings (SSSR count). The third-order valence-corrected chi connectivity index (χ3v) is 4.80. The summed E-state index contributed by atoms with van der Waals surface area (Å²) in [4.78, 5) is 16.2. The number of rotatable bonds is 6. The Morgan fingerprint density at radius 1 is 1.27 bits per heavy atom. The summed E-state index contributed by atoms with van der Waals surface area (Å²) >= 11 is 7.27. The molecule has 0 radical (unpaired) electrons. The van der Waals surface area contributed by atoms with Gasteiger partial charge in [-0.25, -0.2) is 0 Å². The molecule has 1 aromatic carbocycles. The minimum Gasteiger partial charge on any atom is -0.495 e. The summed E-state index contributed by atoms with van der Waals surface area (Å²) < 4.78 is 7.06. The lowest BCUT2D eigenvalue weighted by atomic mass is 10.2. The molecule has 0 saturated heterocycles. The average Bonchev–Trinajstić information content (AvgIpc) is 3.01. The Labute approximate surface area is 159 Å². The fourth-order valence-corrected chi connectivity index (χ4v) is 3.17. The average molecular weight is 390 g/mol. The van der Waals surface area contributed by atoms with Crippen molar-refractivity contribution in [1.29, 1.82) is 0 Å². The number of benzene rings is 1. The maximum Gasteiger partial charge on any atom is 0.234 e. The maximum absolute atomic E-state index is 12.3. The van der Waals surface area contributed by atoms with Gasteiger partial charge in [0.1, 0.15) is 5.75 Å². The Hall–Kier alpha value is -2.58. The van der Waals surface area contributed by atoms with Crippen LogP contribution in [0.25, 0.3) is 11.4 Å². The van der Waals surface area contributed by atoms with E-state index >= 15 is 0 Å². The van der Waals surface area contributed by atoms with Gasteiger partial charge in [0, 0.05) is 30.0 Å². The standard InChI is InChI=1S/C17H16ClN5O2S/c1-23-16(11-5-7-19-8-6-11)21-22-17(23)26-10-15(24)20-13-9-12(18)3-4-14(13)25-2/h3-9H,10H2,1-2H3,(H,20,24). The monoisotopic (exact) mass is 389 g/mol. The van der Waals surface area contributed by atoms with Gasteiger partial charge >= 0.3 is 0 Å². The third-order valence-electron chi connectivity index (χ3n) is 3.54. The quantitative estimate of drug-likeness (QED) is 0.651. The molecule has 0 saturated carbocycles. The number of nitrogens with one attached hydrogen (secondary N) is 1. The van der Waals surface area contributed by atoms with E-state index in [4.69, 9.17) is 16.3 Å². The van der Waals surface area contributed by atoms with Crippen LogP contribution in [0.3, 0.4) is 0 Å². The van der Waals surface area contributed by atoms with Crippen LogP contribution < -0.4 is 10.1 Å². The number of halogens is 1. The zero-order valence-electron chi connectivity index (χ0n) is 14.1. The minimum atomic E-state index is -0.191. The lowest BCUT2D eigenvalue weighted by Gasteiger charge is -2.10. The van der Waals surface area contributed by atoms with Gasteiger partial charge in [0.05, 0.1) is 18.6 Å². The Kier molecular flexibility index (Phi) is 5.75. The molecule has 0 aliphatic heterocycles. The number of ether oxygens (including phenoxy) is 1. The molecule has 0 bridgehead atoms. The molecule has 0 aliphatic rings. The molecule has 1 N–H and O–H groups in total. The van der Waals surface area contributed by atoms with Gasteiger partial charge < -0.3 is 14.6 Å². The number of aromatic nitrogens is 4. The van der Waals surface area contributed by atoms with Crippen LogP contribution in [0.5, 0.6) is 5.75 Å². The molecule has 0 unspecified atom stereocenters. The van der Waals surface area contributed by atoms with E-state index in [0.717, 1.165) is 5.56 Å². The third kappa shape index (κ3) is 4.14. The van der Waals surface area contributed by atoms with E-state index < -0.39 is 0 Å². The highest BCUT2D eigenvalue weighted by Crippen LogP contribution is 2.28. The van der Waals surface area contributed by atoms with Gasteiger partial charge in [-0.2, -0.15) is 0 Å². The summed E-state index contributed by atoms with van der Waals surface area (Å²) in [6.45, 7) is 0. The van der Waals surface area contributed by atoms with E-state index in [1.807, 2.05) is 23.7 Å². The van der Waals surface area contributed by atoms with Gasteiger partial charge in [-0.1, -0.05) is 23.4 Å². The van der Waals surface area contributed by atoms with Crippen molar-refractivity contribution in [2.24, 2.45) is 7.05 Å². The van der Waals surface area contributed by atoms with Crippen LogP contribution in [0.15, 0.2) is 47.9 Å². The smallest absolute Gasteiger partial charge is 0.234 e. The van der Waals surface area contributed by atoms with Gasteiger partial charge in [-0.05, 0) is 30.3 Å². The van der Waals surface area contributed by atoms with Gasteiger partial charge in [0.15, 0.2) is 11.0 Å². The number of pyridine rings is 1. The summed E-state index contributed by atoms with van der Waals surface area (Å²) in [5.74, 6) is 1.25. The number of thioether (sulfide) groups is 1. The molecule has 0 fully saturated rings. The molecule has 2 heterocycles. The molecule has 1 amide bonds. The zero-order valence-corrected chi connectivity index (χ0v) is 15.7. The summed E-state index contributed by atoms with van der Waals surface area (Å²) in [6.07, 6.45) is 3.39. The van der Waals surface area contributed by atoms with Gasteiger partial charge in [0.25, 0.3) is 0 Å². The fourth-order valence-electron chi connectivity index (χ4n) is 2.29. The highest BCUT2D eigenvalue weighted by Gasteiger charge is 2.14. The molecule has 0 aliphatic carbocycles. The number of hydrogen-bond donors (Lipinski definition) is 1. The van der Waals surface area contributed by atoms with E-state index in [9.17, 15) is 4.79 Å². The summed E-state index contributed by atoms with van der Waals surface area (Å²) in [6, 6.07) is 8.76. The predicted molar refractivity (Wildman–Crippen MR) is 102 cm³/mol. The van der Waals surface area contributed by atoms with Crippen molar-refractivity contribution in [2.45, 2.75) is 5.16 Å². The first-order valence-electron chi connectivity index (χ1n) is 7.64. The molecule has 9 heteroatoms. The topological polar surface area (TPSA) is 81.9 Å². The Balaban J connectivity index is 1.66. The van der Waals surface area contributed by atoms with Crippen molar-refractivity contribution in [1.82, 2.24) is 19.7 Å². The van der Waals surface area contributed by atoms with E-state index in [-0.39, 0.29) is 11.7 Å². The van der Waals surface area contributed by atoms with Crippen molar-refractivity contribution < 1.29 is 9.53 Å². The van der Waals surface area contributed by atoms with Crippen molar-refractivity contribution >= 4 is 35.0 Å². The minimum absolute atomic E-state index is 0.179. The van der Waals surface area contributed by atoms with Crippen molar-refractivity contribution in [3.05, 3.63) is 47.7 Å². The van der Waals surface area contributed by atoms with E-state index in [2.05, 4.69) is 20.5 Å². The van der Waals surface area contributed by atoms with Crippen LogP contribution >= 0.6 is 23.4 Å². The first-order valence-corrected chi connectivity index (χ1v) is 9.01. The second-order valence-electron chi connectivity index (χ2n) is 5.28. The number of anilines is 1. The Morgan fingerprint density at radius 2 is 2.04 bits per heavy atom. The summed E-state index contributed by atoms with van der Waals surface area (Å²) in [5.41, 5.74) is 1.44. The van der Waals surface area contributed by atoms with Crippen molar-refractivity contribution in [2.75, 3.05) is 18.2 Å². The molecule has 26 heavy (non-hydrogen) atoms. The molecule has 0 atom stereocenters. The normalized spacial score (nSPS) is 10.6. The summed E-state index contributed by atoms with van der Waals surface area (Å²) in [7, 11) is 3.39. The van der Waals surface area contributed by atoms with Crippen LogP contribution in [0.2, 0.25) is 5.02 Å². The van der Waals surface area contributed by atoms with Crippen LogP contribution in [0.1, 0.15) is 0 Å². The van der Waals surface area contributed by atoms with Gasteiger partial charge in [-0.15, -0.1) is 10.2 Å². The fraction of sp³-hybridized carbons (Fsp3) is 0.176. The lowest BCUT2D eigenvalue weighted by Crippen LogP contribution is -2.15. The number of carbonyl (C=O) groups excluding carboxylic acids is 1. The van der Waals surface area contributed by atoms with E-state index in [0.29, 0.717) is 27.4 Å². The van der Waals surface area contributed by atoms with E-state index in [1.54, 1.807) is 30.6 Å². The first kappa shape index (κ1) is 18.2. The Bertz CT molecular complexity index is 917. The van der Waals surface area contributed by atoms with Crippen molar-refractivity contribution in [3.63, 3.8) is 0 Å². The molecular weight excluding hydrogens is 374 g/mol. The number of hydrogen-bond acceptors (Lipinski definition) is 6. The second kappa shape index (κ2) is 8.20. The Morgan fingerprint density at radius 3 is 2.77 bits per heavy atom. The SMILES string of the molecule is COc1ccc(Cl)cc1NC(=O)CSc1nnc(-c2ccncc2)n1C. The molecule has 3 aromatic rings. The first-order chi connectivity index (χ1) is 12.6. The number of nitrogens with zero attached hydrogens (tertiary/aromatic N) is 4. The molecule has 7 nitrogen and oxygen atoms in total. The predicted octanol–water partition coefficient (Wildman–Crippen LogP) is 3.27. The number of amides is 1. The molecular formula is C17H16ClN5O2S. The second-order valence-corrected chi connectivity index (χ2v) is 6.66. The van der Waals surface area contributed by atoms with Crippen LogP contribution in [-0.4, -0.2) is 38.5 Å². The molecule has 0 spiro atoms. The van der Waals surface area contributed by atoms with Crippen LogP contribution in [0.4, 0.5) is 5.69 Å². The van der Waals surface area contributed by atoms with Crippen LogP contribution in [0, 0.1) is 0 Å². The molecule has 2 aromatic heterocycles. The highest BCUT2D eigenvalue weighted by molar-refractivity contribution is 7.99.